The van der Waals surface area contributed by atoms with E-state index in [1.54, 1.807) is 0 Å². The minimum atomic E-state index is -3.65. The first-order valence-electron chi connectivity index (χ1n) is 3.41. The lowest BCUT2D eigenvalue weighted by Gasteiger charge is -2.13. The number of aromatic nitrogens is 1. The summed E-state index contributed by atoms with van der Waals surface area (Å²) in [6.45, 7) is 0. The molecule has 1 aromatic rings. The molecule has 0 spiro atoms. The minimum Gasteiger partial charge on any atom is -0.369 e. The molecule has 0 saturated carbocycles. The van der Waals surface area contributed by atoms with E-state index in [1.165, 1.54) is 18.5 Å². The van der Waals surface area contributed by atoms with Crippen LogP contribution in [0.25, 0.3) is 0 Å². The van der Waals surface area contributed by atoms with Gasteiger partial charge in [0.05, 0.1) is 5.69 Å². The Morgan fingerprint density at radius 2 is 2.23 bits per heavy atom. The molecule has 3 N–H and O–H groups in total. The summed E-state index contributed by atoms with van der Waals surface area (Å²) in [5, 5.41) is 2.62. The van der Waals surface area contributed by atoms with Crippen molar-refractivity contribution in [3.63, 3.8) is 0 Å². The standard InChI is InChI=1S/C6H6N4O2S/c7-6-9-4-1-2-8-3-5(4)13(11,12)10-6/h1-3H,(H3,7,9,10). The molecule has 7 heteroatoms. The third kappa shape index (κ3) is 1.22. The van der Waals surface area contributed by atoms with Crippen LogP contribution in [-0.2, 0) is 10.0 Å². The van der Waals surface area contributed by atoms with Crippen LogP contribution in [-0.4, -0.2) is 19.4 Å². The van der Waals surface area contributed by atoms with Crippen LogP contribution in [0.4, 0.5) is 5.69 Å². The third-order valence-electron chi connectivity index (χ3n) is 1.54. The van der Waals surface area contributed by atoms with Crippen molar-refractivity contribution in [3.8, 4) is 0 Å². The van der Waals surface area contributed by atoms with E-state index in [9.17, 15) is 8.42 Å². The molecule has 1 aliphatic rings. The lowest BCUT2D eigenvalue weighted by molar-refractivity contribution is 0.597. The Hall–Kier alpha value is -1.63. The van der Waals surface area contributed by atoms with Gasteiger partial charge in [0.15, 0.2) is 0 Å². The van der Waals surface area contributed by atoms with E-state index in [0.717, 1.165) is 0 Å². The summed E-state index contributed by atoms with van der Waals surface area (Å²) in [6, 6.07) is 1.52. The summed E-state index contributed by atoms with van der Waals surface area (Å²) in [4.78, 5) is 3.73. The monoisotopic (exact) mass is 198 g/mol. The van der Waals surface area contributed by atoms with Gasteiger partial charge in [-0.25, -0.2) is 0 Å². The second-order valence-electron chi connectivity index (χ2n) is 2.45. The topological polar surface area (TPSA) is 97.4 Å². The number of pyridine rings is 1. The molecule has 1 aromatic heterocycles. The molecule has 0 radical (unpaired) electrons. The predicted molar refractivity (Wildman–Crippen MR) is 46.7 cm³/mol. The number of anilines is 1. The molecule has 0 saturated heterocycles. The van der Waals surface area contributed by atoms with Gasteiger partial charge in [-0.2, -0.15) is 8.42 Å². The zero-order chi connectivity index (χ0) is 9.47. The van der Waals surface area contributed by atoms with Crippen LogP contribution >= 0.6 is 0 Å². The largest absolute Gasteiger partial charge is 0.369 e. The van der Waals surface area contributed by atoms with Crippen LogP contribution in [0.5, 0.6) is 0 Å². The molecule has 0 unspecified atom stereocenters. The number of hydrogen-bond donors (Lipinski definition) is 2. The lowest BCUT2D eigenvalue weighted by Crippen LogP contribution is -2.28. The van der Waals surface area contributed by atoms with Crippen molar-refractivity contribution in [2.45, 2.75) is 4.90 Å². The maximum Gasteiger partial charge on any atom is 0.289 e. The molecular weight excluding hydrogens is 192 g/mol. The average Bonchev–Trinajstić information content (AvgIpc) is 2.02. The molecule has 2 rings (SSSR count). The molecule has 0 aliphatic carbocycles. The summed E-state index contributed by atoms with van der Waals surface area (Å²) < 4.78 is 25.9. The molecule has 0 atom stereocenters. The zero-order valence-electron chi connectivity index (χ0n) is 6.43. The second-order valence-corrected chi connectivity index (χ2v) is 4.02. The molecule has 0 bridgehead atoms. The Labute approximate surface area is 74.6 Å². The number of rotatable bonds is 0. The molecule has 0 aromatic carbocycles. The van der Waals surface area contributed by atoms with Gasteiger partial charge in [-0.3, -0.25) is 4.98 Å². The second kappa shape index (κ2) is 2.43. The van der Waals surface area contributed by atoms with Gasteiger partial charge in [0, 0.05) is 12.4 Å². The van der Waals surface area contributed by atoms with Crippen molar-refractivity contribution in [2.75, 3.05) is 5.32 Å². The van der Waals surface area contributed by atoms with E-state index in [1.807, 2.05) is 0 Å². The maximum atomic E-state index is 11.3. The Bertz CT molecular complexity index is 479. The molecule has 0 fully saturated rings. The number of nitrogens with zero attached hydrogens (tertiary/aromatic N) is 2. The molecule has 68 valence electrons. The molecule has 1 aliphatic heterocycles. The molecule has 0 amide bonds. The summed E-state index contributed by atoms with van der Waals surface area (Å²) in [5.41, 5.74) is 5.67. The van der Waals surface area contributed by atoms with Crippen LogP contribution < -0.4 is 11.1 Å². The van der Waals surface area contributed by atoms with Gasteiger partial charge in [0.2, 0.25) is 5.96 Å². The van der Waals surface area contributed by atoms with Gasteiger partial charge < -0.3 is 11.1 Å². The van der Waals surface area contributed by atoms with Crippen molar-refractivity contribution in [1.82, 2.24) is 4.98 Å². The summed E-state index contributed by atoms with van der Waals surface area (Å²) in [7, 11) is -3.65. The first kappa shape index (κ1) is 7.99. The van der Waals surface area contributed by atoms with E-state index in [2.05, 4.69) is 14.7 Å². The Morgan fingerprint density at radius 3 is 3.00 bits per heavy atom. The van der Waals surface area contributed by atoms with E-state index < -0.39 is 10.0 Å². The lowest BCUT2D eigenvalue weighted by atomic mass is 10.4. The highest BCUT2D eigenvalue weighted by atomic mass is 32.2. The van der Waals surface area contributed by atoms with Crippen LogP contribution in [0.2, 0.25) is 0 Å². The van der Waals surface area contributed by atoms with Gasteiger partial charge in [-0.15, -0.1) is 4.40 Å². The van der Waals surface area contributed by atoms with Gasteiger partial charge in [0.1, 0.15) is 4.90 Å². The van der Waals surface area contributed by atoms with Gasteiger partial charge in [-0.1, -0.05) is 0 Å². The molecule has 13 heavy (non-hydrogen) atoms. The zero-order valence-corrected chi connectivity index (χ0v) is 7.25. The minimum absolute atomic E-state index is 0.0456. The molecule has 2 heterocycles. The maximum absolute atomic E-state index is 11.3. The van der Waals surface area contributed by atoms with Gasteiger partial charge in [-0.05, 0) is 6.07 Å². The molecular formula is C6H6N4O2S. The van der Waals surface area contributed by atoms with Crippen LogP contribution in [0.3, 0.4) is 0 Å². The van der Waals surface area contributed by atoms with Crippen molar-refractivity contribution < 1.29 is 8.42 Å². The van der Waals surface area contributed by atoms with Crippen LogP contribution in [0.15, 0.2) is 27.8 Å². The Balaban J connectivity index is 2.73. The van der Waals surface area contributed by atoms with E-state index >= 15 is 0 Å². The van der Waals surface area contributed by atoms with Crippen LogP contribution in [0.1, 0.15) is 0 Å². The van der Waals surface area contributed by atoms with Gasteiger partial charge in [0.25, 0.3) is 10.0 Å². The normalized spacial score (nSPS) is 18.3. The third-order valence-corrected chi connectivity index (χ3v) is 2.86. The fraction of sp³-hybridized carbons (Fsp3) is 0. The highest BCUT2D eigenvalue weighted by Gasteiger charge is 2.23. The van der Waals surface area contributed by atoms with Crippen molar-refractivity contribution in [2.24, 2.45) is 10.1 Å². The number of nitrogens with one attached hydrogen (secondary N) is 1. The van der Waals surface area contributed by atoms with E-state index in [-0.39, 0.29) is 10.9 Å². The van der Waals surface area contributed by atoms with Crippen molar-refractivity contribution in [3.05, 3.63) is 18.5 Å². The number of nitrogens with two attached hydrogens (primary N) is 1. The quantitative estimate of drug-likeness (QED) is 0.586. The predicted octanol–water partition coefficient (Wildman–Crippen LogP) is -0.490. The fourth-order valence-corrected chi connectivity index (χ4v) is 2.02. The summed E-state index contributed by atoms with van der Waals surface area (Å²) in [5.74, 6) is -0.126. The first-order chi connectivity index (χ1) is 6.09. The SMILES string of the molecule is NC1=NS(=O)(=O)c2cnccc2N1. The average molecular weight is 198 g/mol. The Kier molecular flexibility index (Phi) is 1.49. The Morgan fingerprint density at radius 1 is 1.46 bits per heavy atom. The first-order valence-corrected chi connectivity index (χ1v) is 4.85. The summed E-state index contributed by atoms with van der Waals surface area (Å²) in [6.07, 6.45) is 2.70. The molecule has 6 nitrogen and oxygen atoms in total. The van der Waals surface area contributed by atoms with Gasteiger partial charge >= 0.3 is 0 Å². The fourth-order valence-electron chi connectivity index (χ4n) is 1.03. The smallest absolute Gasteiger partial charge is 0.289 e. The highest BCUT2D eigenvalue weighted by molar-refractivity contribution is 7.90. The van der Waals surface area contributed by atoms with Crippen molar-refractivity contribution in [1.29, 1.82) is 0 Å². The van der Waals surface area contributed by atoms with E-state index in [4.69, 9.17) is 5.73 Å². The summed E-state index contributed by atoms with van der Waals surface area (Å²) >= 11 is 0. The van der Waals surface area contributed by atoms with Crippen molar-refractivity contribution >= 4 is 21.7 Å². The van der Waals surface area contributed by atoms with Crippen LogP contribution in [0, 0.1) is 0 Å². The number of guanidine groups is 1. The highest BCUT2D eigenvalue weighted by Crippen LogP contribution is 2.24. The van der Waals surface area contributed by atoms with E-state index in [0.29, 0.717) is 5.69 Å². The number of fused-ring (bicyclic) bond motifs is 1. The number of sulfonamides is 1. The number of hydrogen-bond acceptors (Lipinski definition) is 5.